The normalized spacial score (nSPS) is 18.9. The number of nitrogens with one attached hydrogen (secondary N) is 1. The Labute approximate surface area is 172 Å². The number of nitrogens with zero attached hydrogens (tertiary/aromatic N) is 1. The van der Waals surface area contributed by atoms with Crippen LogP contribution in [0.3, 0.4) is 0 Å². The summed E-state index contributed by atoms with van der Waals surface area (Å²) in [6, 6.07) is 10.8. The third-order valence-corrected chi connectivity index (χ3v) is 5.37. The number of furan rings is 1. The lowest BCUT2D eigenvalue weighted by Gasteiger charge is -2.24. The highest BCUT2D eigenvalue weighted by Gasteiger charge is 2.30. The summed E-state index contributed by atoms with van der Waals surface area (Å²) in [5.74, 6) is 0.800. The van der Waals surface area contributed by atoms with Gasteiger partial charge in [-0.2, -0.15) is 0 Å². The molecule has 0 spiro atoms. The fourth-order valence-electron chi connectivity index (χ4n) is 3.70. The van der Waals surface area contributed by atoms with E-state index >= 15 is 0 Å². The zero-order chi connectivity index (χ0) is 17.4. The summed E-state index contributed by atoms with van der Waals surface area (Å²) in [6.07, 6.45) is 4.98. The maximum Gasteiger partial charge on any atom is 0.287 e. The first-order chi connectivity index (χ1) is 12.1. The number of nitrogens with two attached hydrogens (primary N) is 1. The second-order valence-electron chi connectivity index (χ2n) is 7.30. The molecule has 27 heavy (non-hydrogen) atoms. The number of hydrogen-bond donors (Lipinski definition) is 2. The summed E-state index contributed by atoms with van der Waals surface area (Å²) in [5, 5.41) is 2.93. The lowest BCUT2D eigenvalue weighted by Crippen LogP contribution is -2.39. The number of rotatable bonds is 6. The van der Waals surface area contributed by atoms with Gasteiger partial charge in [-0.1, -0.05) is 18.2 Å². The van der Waals surface area contributed by atoms with E-state index in [1.165, 1.54) is 24.1 Å². The summed E-state index contributed by atoms with van der Waals surface area (Å²) >= 11 is 0. The van der Waals surface area contributed by atoms with Crippen molar-refractivity contribution in [1.82, 2.24) is 5.32 Å². The molecule has 7 heteroatoms. The highest BCUT2D eigenvalue weighted by molar-refractivity contribution is 5.93. The second kappa shape index (κ2) is 9.00. The van der Waals surface area contributed by atoms with Crippen molar-refractivity contribution in [3.8, 4) is 0 Å². The molecule has 0 bridgehead atoms. The van der Waals surface area contributed by atoms with Crippen molar-refractivity contribution in [3.63, 3.8) is 0 Å². The lowest BCUT2D eigenvalue weighted by molar-refractivity contribution is 0.0921. The monoisotopic (exact) mass is 411 g/mol. The van der Waals surface area contributed by atoms with E-state index < -0.39 is 0 Å². The Morgan fingerprint density at radius 2 is 2.04 bits per heavy atom. The van der Waals surface area contributed by atoms with E-state index in [4.69, 9.17) is 10.2 Å². The molecule has 2 aliphatic rings. The quantitative estimate of drug-likeness (QED) is 0.762. The molecule has 1 aliphatic heterocycles. The molecule has 2 unspecified atom stereocenters. The van der Waals surface area contributed by atoms with Crippen LogP contribution < -0.4 is 16.0 Å². The first-order valence-electron chi connectivity index (χ1n) is 9.08. The summed E-state index contributed by atoms with van der Waals surface area (Å²) in [5.41, 5.74) is 9.60. The van der Waals surface area contributed by atoms with Gasteiger partial charge in [0, 0.05) is 36.4 Å². The van der Waals surface area contributed by atoms with E-state index in [1.807, 2.05) is 6.07 Å². The Morgan fingerprint density at radius 1 is 1.30 bits per heavy atom. The Morgan fingerprint density at radius 3 is 2.78 bits per heavy atom. The topological polar surface area (TPSA) is 71.5 Å². The van der Waals surface area contributed by atoms with Crippen molar-refractivity contribution >= 4 is 36.4 Å². The largest absolute Gasteiger partial charge is 0.459 e. The van der Waals surface area contributed by atoms with Gasteiger partial charge in [0.1, 0.15) is 0 Å². The van der Waals surface area contributed by atoms with E-state index in [0.717, 1.165) is 12.0 Å². The number of benzene rings is 1. The van der Waals surface area contributed by atoms with Crippen molar-refractivity contribution in [2.45, 2.75) is 44.8 Å². The fraction of sp³-hybridized carbons (Fsp3) is 0.450. The molecule has 1 saturated carbocycles. The van der Waals surface area contributed by atoms with Crippen molar-refractivity contribution < 1.29 is 9.21 Å². The van der Waals surface area contributed by atoms with E-state index in [0.29, 0.717) is 30.8 Å². The molecule has 2 aromatic rings. The minimum atomic E-state index is -0.170. The van der Waals surface area contributed by atoms with Crippen LogP contribution in [0.5, 0.6) is 0 Å². The number of anilines is 1. The van der Waals surface area contributed by atoms with Crippen LogP contribution in [0.25, 0.3) is 0 Å². The molecule has 1 aromatic heterocycles. The Kier molecular flexibility index (Phi) is 7.20. The molecule has 5 nitrogen and oxygen atoms in total. The average molecular weight is 412 g/mol. The Hall–Kier alpha value is -1.69. The minimum absolute atomic E-state index is 0. The van der Waals surface area contributed by atoms with E-state index in [9.17, 15) is 4.79 Å². The van der Waals surface area contributed by atoms with Gasteiger partial charge in [0.05, 0.1) is 6.26 Å². The molecule has 2 atom stereocenters. The molecule has 4 rings (SSSR count). The molecule has 1 aliphatic carbocycles. The third-order valence-electron chi connectivity index (χ3n) is 5.37. The highest BCUT2D eigenvalue weighted by atomic mass is 35.5. The van der Waals surface area contributed by atoms with Crippen LogP contribution in [0.2, 0.25) is 0 Å². The molecule has 1 aromatic carbocycles. The SMILES string of the molecule is CC1Cc2ccccc2N1Cc1ccoc1C(=O)NCC(N)C1CC1.Cl.Cl. The van der Waals surface area contributed by atoms with Crippen molar-refractivity contribution in [3.05, 3.63) is 53.5 Å². The van der Waals surface area contributed by atoms with E-state index in [2.05, 4.69) is 41.4 Å². The van der Waals surface area contributed by atoms with Crippen molar-refractivity contribution in [2.24, 2.45) is 11.7 Å². The first kappa shape index (κ1) is 21.6. The minimum Gasteiger partial charge on any atom is -0.459 e. The van der Waals surface area contributed by atoms with Gasteiger partial charge in [0.15, 0.2) is 5.76 Å². The predicted octanol–water partition coefficient (Wildman–Crippen LogP) is 3.54. The zero-order valence-electron chi connectivity index (χ0n) is 15.4. The van der Waals surface area contributed by atoms with E-state index in [1.54, 1.807) is 6.26 Å². The fourth-order valence-corrected chi connectivity index (χ4v) is 3.70. The number of hydrogen-bond acceptors (Lipinski definition) is 4. The molecule has 148 valence electrons. The number of para-hydroxylation sites is 1. The Balaban J connectivity index is 0.00000131. The summed E-state index contributed by atoms with van der Waals surface area (Å²) in [4.78, 5) is 14.8. The lowest BCUT2D eigenvalue weighted by atomic mass is 10.1. The smallest absolute Gasteiger partial charge is 0.287 e. The Bertz CT molecular complexity index is 776. The maximum atomic E-state index is 12.5. The molecule has 2 heterocycles. The summed E-state index contributed by atoms with van der Waals surface area (Å²) in [7, 11) is 0. The van der Waals surface area contributed by atoms with Gasteiger partial charge in [-0.25, -0.2) is 0 Å². The van der Waals surface area contributed by atoms with Gasteiger partial charge >= 0.3 is 0 Å². The first-order valence-corrected chi connectivity index (χ1v) is 9.08. The molecule has 1 amide bonds. The van der Waals surface area contributed by atoms with Gasteiger partial charge < -0.3 is 20.4 Å². The molecule has 0 radical (unpaired) electrons. The number of carbonyl (C=O) groups is 1. The van der Waals surface area contributed by atoms with Gasteiger partial charge in [0.25, 0.3) is 5.91 Å². The maximum absolute atomic E-state index is 12.5. The van der Waals surface area contributed by atoms with Crippen LogP contribution in [0.4, 0.5) is 5.69 Å². The number of fused-ring (bicyclic) bond motifs is 1. The van der Waals surface area contributed by atoms with Crippen molar-refractivity contribution in [2.75, 3.05) is 11.4 Å². The summed E-state index contributed by atoms with van der Waals surface area (Å²) < 4.78 is 5.49. The van der Waals surface area contributed by atoms with Gasteiger partial charge in [-0.3, -0.25) is 4.79 Å². The molecular weight excluding hydrogens is 385 g/mol. The number of carbonyl (C=O) groups excluding carboxylic acids is 1. The van der Waals surface area contributed by atoms with Crippen LogP contribution in [0, 0.1) is 5.92 Å². The molecule has 1 fully saturated rings. The van der Waals surface area contributed by atoms with Crippen LogP contribution in [-0.2, 0) is 13.0 Å². The number of amides is 1. The van der Waals surface area contributed by atoms with Crippen LogP contribution in [-0.4, -0.2) is 24.5 Å². The van der Waals surface area contributed by atoms with Crippen LogP contribution in [0.1, 0.15) is 41.4 Å². The van der Waals surface area contributed by atoms with Crippen LogP contribution >= 0.6 is 24.8 Å². The summed E-state index contributed by atoms with van der Waals surface area (Å²) in [6.45, 7) is 3.40. The highest BCUT2D eigenvalue weighted by Crippen LogP contribution is 2.34. The van der Waals surface area contributed by atoms with Crippen LogP contribution in [0.15, 0.2) is 41.0 Å². The molecule has 0 saturated heterocycles. The molecular formula is C20H27Cl2N3O2. The second-order valence-corrected chi connectivity index (χ2v) is 7.30. The van der Waals surface area contributed by atoms with E-state index in [-0.39, 0.29) is 36.8 Å². The average Bonchev–Trinajstić information content (AvgIpc) is 3.28. The predicted molar refractivity (Wildman–Crippen MR) is 112 cm³/mol. The number of halogens is 2. The standard InChI is InChI=1S/C20H25N3O2.2ClH/c1-13-10-15-4-2-3-5-18(15)23(13)12-16-8-9-25-19(16)20(24)22-11-17(21)14-6-7-14;;/h2-5,8-9,13-14,17H,6-7,10-12,21H2,1H3,(H,22,24);2*1H. The van der Waals surface area contributed by atoms with Crippen molar-refractivity contribution in [1.29, 1.82) is 0 Å². The zero-order valence-corrected chi connectivity index (χ0v) is 17.0. The molecule has 3 N–H and O–H groups in total. The van der Waals surface area contributed by atoms with Gasteiger partial charge in [-0.05, 0) is 49.8 Å². The van der Waals surface area contributed by atoms with Gasteiger partial charge in [-0.15, -0.1) is 24.8 Å². The third kappa shape index (κ3) is 4.60. The van der Waals surface area contributed by atoms with Gasteiger partial charge in [0.2, 0.25) is 0 Å².